The SMILES string of the molecule is Nc1n[nH]c(=S)n1CCOCC(F)F. The Morgan fingerprint density at radius 2 is 2.36 bits per heavy atom. The van der Waals surface area contributed by atoms with Crippen LogP contribution in [0.2, 0.25) is 0 Å². The number of rotatable bonds is 5. The van der Waals surface area contributed by atoms with Crippen molar-refractivity contribution >= 4 is 18.2 Å². The van der Waals surface area contributed by atoms with E-state index in [-0.39, 0.29) is 12.6 Å². The van der Waals surface area contributed by atoms with Crippen LogP contribution in [0.15, 0.2) is 0 Å². The smallest absolute Gasteiger partial charge is 0.261 e. The average molecular weight is 224 g/mol. The van der Waals surface area contributed by atoms with Crippen molar-refractivity contribution in [1.82, 2.24) is 14.8 Å². The van der Waals surface area contributed by atoms with E-state index in [9.17, 15) is 8.78 Å². The summed E-state index contributed by atoms with van der Waals surface area (Å²) in [4.78, 5) is 0. The number of halogens is 2. The number of aromatic nitrogens is 3. The average Bonchev–Trinajstić information content (AvgIpc) is 2.42. The molecule has 1 rings (SSSR count). The summed E-state index contributed by atoms with van der Waals surface area (Å²) in [5.41, 5.74) is 5.43. The van der Waals surface area contributed by atoms with Gasteiger partial charge in [-0.1, -0.05) is 0 Å². The highest BCUT2D eigenvalue weighted by atomic mass is 32.1. The lowest BCUT2D eigenvalue weighted by Gasteiger charge is -2.04. The molecule has 0 bridgehead atoms. The molecule has 14 heavy (non-hydrogen) atoms. The standard InChI is InChI=1S/C6H10F2N4OS/c7-4(8)3-13-2-1-12-5(9)10-11-6(12)14/h4H,1-3H2,(H2,9,10)(H,11,14). The van der Waals surface area contributed by atoms with E-state index in [1.54, 1.807) is 0 Å². The third-order valence-electron chi connectivity index (χ3n) is 1.49. The fraction of sp³-hybridized carbons (Fsp3) is 0.667. The number of hydrogen-bond donors (Lipinski definition) is 2. The quantitative estimate of drug-likeness (QED) is 0.573. The lowest BCUT2D eigenvalue weighted by Crippen LogP contribution is -2.12. The van der Waals surface area contributed by atoms with E-state index in [2.05, 4.69) is 14.9 Å². The Bertz CT molecular complexity index is 337. The van der Waals surface area contributed by atoms with Crippen LogP contribution < -0.4 is 5.73 Å². The second kappa shape index (κ2) is 5.01. The molecule has 80 valence electrons. The van der Waals surface area contributed by atoms with Crippen molar-refractivity contribution in [2.45, 2.75) is 13.0 Å². The third-order valence-corrected chi connectivity index (χ3v) is 1.80. The van der Waals surface area contributed by atoms with Crippen molar-refractivity contribution in [3.63, 3.8) is 0 Å². The van der Waals surface area contributed by atoms with E-state index in [0.29, 0.717) is 11.3 Å². The molecule has 3 N–H and O–H groups in total. The van der Waals surface area contributed by atoms with Crippen LogP contribution in [0.1, 0.15) is 0 Å². The predicted octanol–water partition coefficient (Wildman–Crippen LogP) is 0.805. The largest absolute Gasteiger partial charge is 0.374 e. The first-order chi connectivity index (χ1) is 6.61. The number of nitrogens with one attached hydrogen (secondary N) is 1. The molecule has 8 heteroatoms. The molecule has 0 aromatic carbocycles. The van der Waals surface area contributed by atoms with E-state index in [1.807, 2.05) is 0 Å². The molecule has 1 heterocycles. The van der Waals surface area contributed by atoms with Gasteiger partial charge in [-0.25, -0.2) is 13.9 Å². The van der Waals surface area contributed by atoms with Crippen LogP contribution in [0.25, 0.3) is 0 Å². The summed E-state index contributed by atoms with van der Waals surface area (Å²) in [5, 5.41) is 6.12. The zero-order chi connectivity index (χ0) is 10.6. The zero-order valence-electron chi connectivity index (χ0n) is 7.24. The first-order valence-corrected chi connectivity index (χ1v) is 4.28. The molecule has 0 aliphatic carbocycles. The van der Waals surface area contributed by atoms with Gasteiger partial charge in [0.15, 0.2) is 4.77 Å². The molecule has 1 aromatic rings. The molecule has 0 aliphatic rings. The number of nitrogen functional groups attached to an aromatic ring is 1. The van der Waals surface area contributed by atoms with Crippen molar-refractivity contribution < 1.29 is 13.5 Å². The Labute approximate surface area is 83.9 Å². The third kappa shape index (κ3) is 3.04. The summed E-state index contributed by atoms with van der Waals surface area (Å²) in [6.45, 7) is -0.138. The lowest BCUT2D eigenvalue weighted by atomic mass is 10.6. The van der Waals surface area contributed by atoms with Crippen molar-refractivity contribution in [1.29, 1.82) is 0 Å². The van der Waals surface area contributed by atoms with Crippen molar-refractivity contribution in [2.24, 2.45) is 0 Å². The first-order valence-electron chi connectivity index (χ1n) is 3.88. The van der Waals surface area contributed by atoms with Crippen molar-refractivity contribution in [3.05, 3.63) is 4.77 Å². The molecule has 5 nitrogen and oxygen atoms in total. The number of H-pyrrole nitrogens is 1. The molecule has 0 amide bonds. The second-order valence-electron chi connectivity index (χ2n) is 2.50. The lowest BCUT2D eigenvalue weighted by molar-refractivity contribution is 0.0148. The van der Waals surface area contributed by atoms with Crippen LogP contribution in [0.5, 0.6) is 0 Å². The summed E-state index contributed by atoms with van der Waals surface area (Å²) in [6.07, 6.45) is -2.45. The molecule has 0 aliphatic heterocycles. The Hall–Kier alpha value is -1.02. The van der Waals surface area contributed by atoms with E-state index in [1.165, 1.54) is 4.57 Å². The van der Waals surface area contributed by atoms with Crippen molar-refractivity contribution in [2.75, 3.05) is 18.9 Å². The van der Waals surface area contributed by atoms with Gasteiger partial charge in [0, 0.05) is 0 Å². The molecule has 0 saturated heterocycles. The van der Waals surface area contributed by atoms with E-state index in [4.69, 9.17) is 18.0 Å². The van der Waals surface area contributed by atoms with Crippen LogP contribution in [0.3, 0.4) is 0 Å². The van der Waals surface area contributed by atoms with Gasteiger partial charge in [-0.3, -0.25) is 4.57 Å². The van der Waals surface area contributed by atoms with Crippen LogP contribution in [-0.4, -0.2) is 34.4 Å². The van der Waals surface area contributed by atoms with Crippen LogP contribution in [0, 0.1) is 4.77 Å². The molecule has 0 atom stereocenters. The highest BCUT2D eigenvalue weighted by Crippen LogP contribution is 1.99. The molecule has 0 fully saturated rings. The van der Waals surface area contributed by atoms with Gasteiger partial charge < -0.3 is 10.5 Å². The Morgan fingerprint density at radius 3 is 2.86 bits per heavy atom. The Kier molecular flexibility index (Phi) is 3.96. The first kappa shape index (κ1) is 11.1. The molecule has 0 spiro atoms. The van der Waals surface area contributed by atoms with E-state index < -0.39 is 13.0 Å². The number of nitrogens with two attached hydrogens (primary N) is 1. The van der Waals surface area contributed by atoms with Gasteiger partial charge in [-0.15, -0.1) is 5.10 Å². The molecular weight excluding hydrogens is 214 g/mol. The molecule has 1 aromatic heterocycles. The Morgan fingerprint density at radius 1 is 1.64 bits per heavy atom. The summed E-state index contributed by atoms with van der Waals surface area (Å²) in [7, 11) is 0. The fourth-order valence-electron chi connectivity index (χ4n) is 0.874. The number of ether oxygens (including phenoxy) is 1. The van der Waals surface area contributed by atoms with Crippen LogP contribution in [0.4, 0.5) is 14.7 Å². The van der Waals surface area contributed by atoms with Gasteiger partial charge >= 0.3 is 0 Å². The van der Waals surface area contributed by atoms with Gasteiger partial charge in [-0.05, 0) is 12.2 Å². The number of aromatic amines is 1. The van der Waals surface area contributed by atoms with Gasteiger partial charge in [0.1, 0.15) is 6.61 Å². The van der Waals surface area contributed by atoms with Crippen LogP contribution in [-0.2, 0) is 11.3 Å². The summed E-state index contributed by atoms with van der Waals surface area (Å²) < 4.78 is 29.8. The molecule has 0 unspecified atom stereocenters. The molecule has 0 saturated carbocycles. The zero-order valence-corrected chi connectivity index (χ0v) is 8.06. The maximum absolute atomic E-state index is 11.7. The highest BCUT2D eigenvalue weighted by molar-refractivity contribution is 7.71. The van der Waals surface area contributed by atoms with E-state index in [0.717, 1.165) is 0 Å². The number of alkyl halides is 2. The van der Waals surface area contributed by atoms with Crippen LogP contribution >= 0.6 is 12.2 Å². The summed E-state index contributed by atoms with van der Waals surface area (Å²) >= 11 is 4.84. The monoisotopic (exact) mass is 224 g/mol. The topological polar surface area (TPSA) is 68.9 Å². The van der Waals surface area contributed by atoms with Gasteiger partial charge in [-0.2, -0.15) is 0 Å². The number of hydrogen-bond acceptors (Lipinski definition) is 4. The minimum atomic E-state index is -2.45. The summed E-state index contributed by atoms with van der Waals surface area (Å²) in [6, 6.07) is 0. The maximum Gasteiger partial charge on any atom is 0.261 e. The number of anilines is 1. The maximum atomic E-state index is 11.7. The van der Waals surface area contributed by atoms with Crippen molar-refractivity contribution in [3.8, 4) is 0 Å². The fourth-order valence-corrected chi connectivity index (χ4v) is 1.10. The summed E-state index contributed by atoms with van der Waals surface area (Å²) in [5.74, 6) is 0.218. The molecular formula is C6H10F2N4OS. The number of nitrogens with zero attached hydrogens (tertiary/aromatic N) is 2. The van der Waals surface area contributed by atoms with E-state index >= 15 is 0 Å². The van der Waals surface area contributed by atoms with Gasteiger partial charge in [0.2, 0.25) is 5.95 Å². The van der Waals surface area contributed by atoms with Gasteiger partial charge in [0.25, 0.3) is 6.43 Å². The normalized spacial score (nSPS) is 11.1. The second-order valence-corrected chi connectivity index (χ2v) is 2.89. The molecule has 0 radical (unpaired) electrons. The predicted molar refractivity (Wildman–Crippen MR) is 48.6 cm³/mol. The van der Waals surface area contributed by atoms with Gasteiger partial charge in [0.05, 0.1) is 13.2 Å². The Balaban J connectivity index is 2.35. The minimum Gasteiger partial charge on any atom is -0.374 e. The minimum absolute atomic E-state index is 0.127. The highest BCUT2D eigenvalue weighted by Gasteiger charge is 2.03.